The third kappa shape index (κ3) is 6.92. The van der Waals surface area contributed by atoms with Gasteiger partial charge in [0.05, 0.1) is 6.61 Å². The Morgan fingerprint density at radius 2 is 1.27 bits per heavy atom. The molecule has 0 unspecified atom stereocenters. The van der Waals surface area contributed by atoms with Crippen LogP contribution in [0.1, 0.15) is 59.3 Å². The molecule has 0 N–H and O–H groups in total. The van der Waals surface area contributed by atoms with E-state index in [0.29, 0.717) is 19.3 Å². The van der Waals surface area contributed by atoms with Gasteiger partial charge in [0, 0.05) is 26.4 Å². The first-order valence-corrected chi connectivity index (χ1v) is 9.19. The van der Waals surface area contributed by atoms with Crippen LogP contribution in [-0.4, -0.2) is 56.2 Å². The smallest absolute Gasteiger partial charge is 0.306 e. The topological polar surface area (TPSA) is 97.4 Å². The van der Waals surface area contributed by atoms with E-state index in [1.807, 2.05) is 20.8 Å². The Hall–Kier alpha value is -1.67. The van der Waals surface area contributed by atoms with E-state index in [4.69, 9.17) is 23.7 Å². The van der Waals surface area contributed by atoms with Crippen molar-refractivity contribution in [3.05, 3.63) is 0 Å². The number of carbonyl (C=O) groups excluding carboxylic acids is 3. The van der Waals surface area contributed by atoms with Gasteiger partial charge in [-0.25, -0.2) is 0 Å². The molecule has 4 atom stereocenters. The van der Waals surface area contributed by atoms with Crippen LogP contribution in [0.25, 0.3) is 0 Å². The lowest BCUT2D eigenvalue weighted by Gasteiger charge is -2.40. The molecule has 0 aromatic rings. The van der Waals surface area contributed by atoms with Gasteiger partial charge in [-0.15, -0.1) is 0 Å². The molecule has 26 heavy (non-hydrogen) atoms. The van der Waals surface area contributed by atoms with Crippen molar-refractivity contribution in [2.45, 2.75) is 83.9 Å². The van der Waals surface area contributed by atoms with E-state index in [-0.39, 0.29) is 25.9 Å². The number of methoxy groups -OCH3 is 1. The summed E-state index contributed by atoms with van der Waals surface area (Å²) in [5.74, 6) is -1.34. The molecular formula is C18H30O8. The predicted octanol–water partition coefficient (Wildman–Crippen LogP) is 2.12. The van der Waals surface area contributed by atoms with Gasteiger partial charge in [-0.05, 0) is 19.3 Å². The normalized spacial score (nSPS) is 25.4. The minimum Gasteiger partial charge on any atom is -0.456 e. The van der Waals surface area contributed by atoms with Crippen molar-refractivity contribution in [1.82, 2.24) is 0 Å². The van der Waals surface area contributed by atoms with Crippen LogP contribution in [0.5, 0.6) is 0 Å². The zero-order valence-electron chi connectivity index (χ0n) is 16.0. The van der Waals surface area contributed by atoms with Crippen LogP contribution < -0.4 is 0 Å². The van der Waals surface area contributed by atoms with Crippen molar-refractivity contribution in [3.8, 4) is 0 Å². The van der Waals surface area contributed by atoms with Gasteiger partial charge in [0.2, 0.25) is 0 Å². The summed E-state index contributed by atoms with van der Waals surface area (Å²) in [4.78, 5) is 35.9. The van der Waals surface area contributed by atoms with E-state index in [0.717, 1.165) is 0 Å². The van der Waals surface area contributed by atoms with Crippen molar-refractivity contribution in [2.24, 2.45) is 0 Å². The zero-order valence-corrected chi connectivity index (χ0v) is 16.0. The molecule has 0 spiro atoms. The first-order chi connectivity index (χ1) is 12.5. The minimum absolute atomic E-state index is 0.0140. The van der Waals surface area contributed by atoms with Gasteiger partial charge in [0.25, 0.3) is 0 Å². The van der Waals surface area contributed by atoms with Crippen molar-refractivity contribution >= 4 is 17.9 Å². The van der Waals surface area contributed by atoms with Crippen molar-refractivity contribution in [1.29, 1.82) is 0 Å². The summed E-state index contributed by atoms with van der Waals surface area (Å²) in [5, 5.41) is 0. The van der Waals surface area contributed by atoms with Gasteiger partial charge in [-0.3, -0.25) is 14.4 Å². The Labute approximate surface area is 154 Å². The number of esters is 3. The molecule has 1 rings (SSSR count). The van der Waals surface area contributed by atoms with Gasteiger partial charge in [0.1, 0.15) is 0 Å². The monoisotopic (exact) mass is 374 g/mol. The first-order valence-electron chi connectivity index (χ1n) is 9.19. The minimum atomic E-state index is -1.01. The largest absolute Gasteiger partial charge is 0.456 e. The van der Waals surface area contributed by atoms with E-state index in [1.54, 1.807) is 0 Å². The Kier molecular flexibility index (Phi) is 10.2. The fourth-order valence-corrected chi connectivity index (χ4v) is 2.58. The van der Waals surface area contributed by atoms with Gasteiger partial charge >= 0.3 is 17.9 Å². The molecular weight excluding hydrogens is 344 g/mol. The summed E-state index contributed by atoms with van der Waals surface area (Å²) in [7, 11) is 1.40. The third-order valence-corrected chi connectivity index (χ3v) is 3.80. The molecule has 8 nitrogen and oxygen atoms in total. The molecule has 0 aromatic heterocycles. The second kappa shape index (κ2) is 11.9. The van der Waals surface area contributed by atoms with Crippen molar-refractivity contribution in [2.75, 3.05) is 13.7 Å². The summed E-state index contributed by atoms with van der Waals surface area (Å²) < 4.78 is 27.1. The number of hydrogen-bond acceptors (Lipinski definition) is 8. The first kappa shape index (κ1) is 22.4. The highest BCUT2D eigenvalue weighted by atomic mass is 16.7. The van der Waals surface area contributed by atoms with Crippen LogP contribution in [0.3, 0.4) is 0 Å². The number of ether oxygens (including phenoxy) is 5. The Balaban J connectivity index is 2.98. The molecule has 8 heteroatoms. The van der Waals surface area contributed by atoms with E-state index in [9.17, 15) is 14.4 Å². The Bertz CT molecular complexity index is 464. The SMILES string of the molecule is CCCC(=O)O[C@@H]1[C@@H](OC(=O)CCC)[C@@H](OC)OC[C@H]1OC(=O)CCC. The quantitative estimate of drug-likeness (QED) is 0.424. The molecule has 150 valence electrons. The summed E-state index contributed by atoms with van der Waals surface area (Å²) >= 11 is 0. The van der Waals surface area contributed by atoms with Crippen LogP contribution in [0.4, 0.5) is 0 Å². The fourth-order valence-electron chi connectivity index (χ4n) is 2.58. The molecule has 1 saturated heterocycles. The summed E-state index contributed by atoms with van der Waals surface area (Å²) in [6, 6.07) is 0. The van der Waals surface area contributed by atoms with Crippen LogP contribution in [0.15, 0.2) is 0 Å². The van der Waals surface area contributed by atoms with Crippen molar-refractivity contribution in [3.63, 3.8) is 0 Å². The summed E-state index contributed by atoms with van der Waals surface area (Å²) in [6.07, 6.45) is -1.25. The molecule has 0 aromatic carbocycles. The lowest BCUT2D eigenvalue weighted by molar-refractivity contribution is -0.275. The number of carbonyl (C=O) groups is 3. The second-order valence-electron chi connectivity index (χ2n) is 6.12. The van der Waals surface area contributed by atoms with Gasteiger partial charge in [0.15, 0.2) is 24.6 Å². The van der Waals surface area contributed by atoms with Crippen LogP contribution in [0, 0.1) is 0 Å². The standard InChI is InChI=1S/C18H30O8/c1-5-8-13(19)24-12-11-23-18(22-4)17(26-15(21)10-7-3)16(12)25-14(20)9-6-2/h12,16-18H,5-11H2,1-4H3/t12-,16+,17-,18+/m1/s1. The van der Waals surface area contributed by atoms with E-state index < -0.39 is 42.5 Å². The molecule has 1 heterocycles. The molecule has 0 bridgehead atoms. The highest BCUT2D eigenvalue weighted by Crippen LogP contribution is 2.26. The lowest BCUT2D eigenvalue weighted by Crippen LogP contribution is -2.58. The summed E-state index contributed by atoms with van der Waals surface area (Å²) in [5.41, 5.74) is 0. The molecule has 0 radical (unpaired) electrons. The maximum atomic E-state index is 12.0. The maximum absolute atomic E-state index is 12.0. The Morgan fingerprint density at radius 3 is 1.73 bits per heavy atom. The molecule has 1 aliphatic rings. The molecule has 0 saturated carbocycles. The highest BCUT2D eigenvalue weighted by molar-refractivity contribution is 5.71. The third-order valence-electron chi connectivity index (χ3n) is 3.80. The van der Waals surface area contributed by atoms with Gasteiger partial charge < -0.3 is 23.7 Å². The van der Waals surface area contributed by atoms with E-state index in [2.05, 4.69) is 0 Å². The average Bonchev–Trinajstić information content (AvgIpc) is 2.58. The predicted molar refractivity (Wildman–Crippen MR) is 91.1 cm³/mol. The zero-order chi connectivity index (χ0) is 19.5. The highest BCUT2D eigenvalue weighted by Gasteiger charge is 2.47. The van der Waals surface area contributed by atoms with Gasteiger partial charge in [-0.2, -0.15) is 0 Å². The molecule has 1 fully saturated rings. The second-order valence-corrected chi connectivity index (χ2v) is 6.12. The van der Waals surface area contributed by atoms with Gasteiger partial charge in [-0.1, -0.05) is 20.8 Å². The number of rotatable bonds is 10. The van der Waals surface area contributed by atoms with Crippen LogP contribution >= 0.6 is 0 Å². The molecule has 0 amide bonds. The Morgan fingerprint density at radius 1 is 0.808 bits per heavy atom. The van der Waals surface area contributed by atoms with Crippen molar-refractivity contribution < 1.29 is 38.1 Å². The van der Waals surface area contributed by atoms with E-state index >= 15 is 0 Å². The van der Waals surface area contributed by atoms with Crippen LogP contribution in [0.2, 0.25) is 0 Å². The lowest BCUT2D eigenvalue weighted by atomic mass is 10.0. The number of hydrogen-bond donors (Lipinski definition) is 0. The maximum Gasteiger partial charge on any atom is 0.306 e. The fraction of sp³-hybridized carbons (Fsp3) is 0.833. The van der Waals surface area contributed by atoms with E-state index in [1.165, 1.54) is 7.11 Å². The molecule has 0 aliphatic carbocycles. The molecule has 1 aliphatic heterocycles. The average molecular weight is 374 g/mol. The van der Waals surface area contributed by atoms with Crippen LogP contribution in [-0.2, 0) is 38.1 Å². The summed E-state index contributed by atoms with van der Waals surface area (Å²) in [6.45, 7) is 5.54.